The molecule has 0 spiro atoms. The Morgan fingerprint density at radius 3 is 2.61 bits per heavy atom. The van der Waals surface area contributed by atoms with Crippen LogP contribution in [-0.4, -0.2) is 60.1 Å². The third kappa shape index (κ3) is 6.17. The number of hydrogen-bond donors (Lipinski definition) is 3. The molecule has 2 aromatic heterocycles. The fourth-order valence-corrected chi connectivity index (χ4v) is 4.65. The van der Waals surface area contributed by atoms with Crippen molar-refractivity contribution in [3.63, 3.8) is 0 Å². The van der Waals surface area contributed by atoms with E-state index in [0.29, 0.717) is 12.3 Å². The molecule has 38 heavy (non-hydrogen) atoms. The van der Waals surface area contributed by atoms with Crippen LogP contribution in [0.4, 0.5) is 11.4 Å². The first-order valence-electron chi connectivity index (χ1n) is 13.4. The van der Waals surface area contributed by atoms with E-state index < -0.39 is 0 Å². The molecule has 0 radical (unpaired) electrons. The SMILES string of the molecule is C=C/C(=C\C(=C/C)c1ccc(NC)c(Cc2nc3c(N4CCN(C)CC4)cncc3[nH]2)c1)NC(=C)C(C)C. The van der Waals surface area contributed by atoms with Gasteiger partial charge >= 0.3 is 0 Å². The first-order chi connectivity index (χ1) is 18.3. The van der Waals surface area contributed by atoms with Crippen LogP contribution >= 0.6 is 0 Å². The fraction of sp³-hybridized carbons (Fsp3) is 0.355. The van der Waals surface area contributed by atoms with Crippen LogP contribution in [0.1, 0.15) is 37.7 Å². The molecular formula is C31H41N7. The van der Waals surface area contributed by atoms with Crippen molar-refractivity contribution in [3.05, 3.63) is 90.3 Å². The van der Waals surface area contributed by atoms with Gasteiger partial charge in [0.25, 0.3) is 0 Å². The number of nitrogens with one attached hydrogen (secondary N) is 3. The second-order valence-corrected chi connectivity index (χ2v) is 10.2. The molecular weight excluding hydrogens is 470 g/mol. The van der Waals surface area contributed by atoms with Crippen LogP contribution in [0.25, 0.3) is 16.6 Å². The minimum Gasteiger partial charge on any atom is -0.388 e. The number of hydrogen-bond acceptors (Lipinski definition) is 6. The quantitative estimate of drug-likeness (QED) is 0.309. The van der Waals surface area contributed by atoms with Gasteiger partial charge in [0.2, 0.25) is 0 Å². The lowest BCUT2D eigenvalue weighted by atomic mass is 9.98. The molecule has 0 unspecified atom stereocenters. The minimum absolute atomic E-state index is 0.338. The van der Waals surface area contributed by atoms with Gasteiger partial charge in [-0.15, -0.1) is 0 Å². The second-order valence-electron chi connectivity index (χ2n) is 10.2. The average molecular weight is 512 g/mol. The molecule has 0 amide bonds. The van der Waals surface area contributed by atoms with Crippen molar-refractivity contribution < 1.29 is 0 Å². The molecule has 1 fully saturated rings. The summed E-state index contributed by atoms with van der Waals surface area (Å²) in [6, 6.07) is 6.52. The van der Waals surface area contributed by atoms with Crippen molar-refractivity contribution in [3.8, 4) is 0 Å². The molecule has 3 aromatic rings. The van der Waals surface area contributed by atoms with Crippen molar-refractivity contribution in [1.82, 2.24) is 25.2 Å². The van der Waals surface area contributed by atoms with Crippen LogP contribution in [0.5, 0.6) is 0 Å². The van der Waals surface area contributed by atoms with Gasteiger partial charge in [-0.05, 0) is 60.9 Å². The number of aromatic amines is 1. The number of allylic oxidation sites excluding steroid dienone is 5. The molecule has 0 aliphatic carbocycles. The molecule has 1 aromatic carbocycles. The monoisotopic (exact) mass is 511 g/mol. The molecule has 1 saturated heterocycles. The molecule has 7 heteroatoms. The Morgan fingerprint density at radius 1 is 1.18 bits per heavy atom. The number of benzene rings is 1. The Balaban J connectivity index is 1.63. The number of H-pyrrole nitrogens is 1. The van der Waals surface area contributed by atoms with Crippen LogP contribution in [0.2, 0.25) is 0 Å². The Kier molecular flexibility index (Phi) is 8.69. The van der Waals surface area contributed by atoms with Gasteiger partial charge in [-0.2, -0.15) is 0 Å². The summed E-state index contributed by atoms with van der Waals surface area (Å²) in [5, 5.41) is 6.74. The normalized spacial score (nSPS) is 15.3. The molecule has 1 aliphatic rings. The maximum absolute atomic E-state index is 5.04. The van der Waals surface area contributed by atoms with Gasteiger partial charge in [0.1, 0.15) is 11.3 Å². The highest BCUT2D eigenvalue weighted by molar-refractivity contribution is 5.88. The summed E-state index contributed by atoms with van der Waals surface area (Å²) >= 11 is 0. The van der Waals surface area contributed by atoms with E-state index in [0.717, 1.165) is 76.9 Å². The van der Waals surface area contributed by atoms with Crippen LogP contribution in [0.15, 0.2) is 73.4 Å². The summed E-state index contributed by atoms with van der Waals surface area (Å²) in [4.78, 5) is 17.8. The zero-order valence-corrected chi connectivity index (χ0v) is 23.4. The molecule has 3 heterocycles. The number of likely N-dealkylation sites (N-methyl/N-ethyl adjacent to an activating group) is 1. The zero-order chi connectivity index (χ0) is 27.2. The van der Waals surface area contributed by atoms with Crippen LogP contribution in [0.3, 0.4) is 0 Å². The highest BCUT2D eigenvalue weighted by Crippen LogP contribution is 2.29. The number of fused-ring (bicyclic) bond motifs is 1. The standard InChI is InChI=1S/C31H41N7/c1-8-23(17-26(9-2)34-22(5)21(3)4)24-10-11-27(32-6)25(16-24)18-30-35-28-19-33-20-29(31(28)36-30)38-14-12-37(7)13-15-38/h8-11,16-17,19-21,32,34H,2,5,12-15,18H2,1,3-4,6-7H3,(H,35,36)/b23-8+,26-17+. The van der Waals surface area contributed by atoms with Gasteiger partial charge in [0.05, 0.1) is 23.6 Å². The molecule has 7 nitrogen and oxygen atoms in total. The van der Waals surface area contributed by atoms with Crippen LogP contribution in [-0.2, 0) is 6.42 Å². The lowest BCUT2D eigenvalue weighted by Crippen LogP contribution is -2.44. The largest absolute Gasteiger partial charge is 0.388 e. The Bertz CT molecular complexity index is 1350. The number of rotatable bonds is 10. The van der Waals surface area contributed by atoms with Gasteiger partial charge < -0.3 is 25.4 Å². The van der Waals surface area contributed by atoms with E-state index in [4.69, 9.17) is 4.98 Å². The number of nitrogens with zero attached hydrogens (tertiary/aromatic N) is 4. The summed E-state index contributed by atoms with van der Waals surface area (Å²) in [5.74, 6) is 1.26. The predicted octanol–water partition coefficient (Wildman–Crippen LogP) is 5.57. The maximum atomic E-state index is 5.04. The average Bonchev–Trinajstić information content (AvgIpc) is 3.34. The molecule has 0 bridgehead atoms. The fourth-order valence-electron chi connectivity index (χ4n) is 4.65. The number of piperazine rings is 1. The summed E-state index contributed by atoms with van der Waals surface area (Å²) < 4.78 is 0. The van der Waals surface area contributed by atoms with Gasteiger partial charge in [0, 0.05) is 56.7 Å². The van der Waals surface area contributed by atoms with E-state index in [1.807, 2.05) is 25.5 Å². The van der Waals surface area contributed by atoms with Gasteiger partial charge in [0.15, 0.2) is 0 Å². The van der Waals surface area contributed by atoms with Gasteiger partial charge in [-0.1, -0.05) is 39.1 Å². The summed E-state index contributed by atoms with van der Waals surface area (Å²) in [5.41, 5.74) is 9.47. The lowest BCUT2D eigenvalue weighted by Gasteiger charge is -2.33. The van der Waals surface area contributed by atoms with Gasteiger partial charge in [-0.3, -0.25) is 4.98 Å². The molecule has 1 aliphatic heterocycles. The summed E-state index contributed by atoms with van der Waals surface area (Å²) in [6.07, 6.45) is 10.6. The topological polar surface area (TPSA) is 72.1 Å². The van der Waals surface area contributed by atoms with Crippen molar-refractivity contribution in [2.45, 2.75) is 27.2 Å². The van der Waals surface area contributed by atoms with Crippen molar-refractivity contribution in [2.75, 3.05) is 50.5 Å². The van der Waals surface area contributed by atoms with Gasteiger partial charge in [-0.25, -0.2) is 4.98 Å². The highest BCUT2D eigenvalue weighted by Gasteiger charge is 2.19. The van der Waals surface area contributed by atoms with Crippen LogP contribution < -0.4 is 15.5 Å². The second kappa shape index (κ2) is 12.1. The molecule has 3 N–H and O–H groups in total. The zero-order valence-electron chi connectivity index (χ0n) is 23.4. The summed E-state index contributed by atoms with van der Waals surface area (Å²) in [6.45, 7) is 18.5. The molecule has 4 rings (SSSR count). The number of anilines is 2. The number of imidazole rings is 1. The van der Waals surface area contributed by atoms with Crippen molar-refractivity contribution in [2.24, 2.45) is 5.92 Å². The third-order valence-corrected chi connectivity index (χ3v) is 7.18. The first kappa shape index (κ1) is 27.2. The van der Waals surface area contributed by atoms with Crippen molar-refractivity contribution >= 4 is 28.0 Å². The number of aromatic nitrogens is 3. The third-order valence-electron chi connectivity index (χ3n) is 7.18. The first-order valence-corrected chi connectivity index (χ1v) is 13.4. The van der Waals surface area contributed by atoms with Crippen molar-refractivity contribution in [1.29, 1.82) is 0 Å². The maximum Gasteiger partial charge on any atom is 0.115 e. The van der Waals surface area contributed by atoms with E-state index in [2.05, 4.69) is 102 Å². The van der Waals surface area contributed by atoms with Crippen LogP contribution in [0, 0.1) is 5.92 Å². The molecule has 0 saturated carbocycles. The Hall–Kier alpha value is -3.84. The van der Waals surface area contributed by atoms with E-state index >= 15 is 0 Å². The van der Waals surface area contributed by atoms with E-state index in [9.17, 15) is 0 Å². The Labute approximate surface area is 227 Å². The molecule has 200 valence electrons. The predicted molar refractivity (Wildman–Crippen MR) is 161 cm³/mol. The Morgan fingerprint density at radius 2 is 1.95 bits per heavy atom. The lowest BCUT2D eigenvalue weighted by molar-refractivity contribution is 0.313. The number of pyridine rings is 1. The smallest absolute Gasteiger partial charge is 0.115 e. The summed E-state index contributed by atoms with van der Waals surface area (Å²) in [7, 11) is 4.13. The highest BCUT2D eigenvalue weighted by atomic mass is 15.3. The minimum atomic E-state index is 0.338. The van der Waals surface area contributed by atoms with E-state index in [1.165, 1.54) is 5.56 Å². The molecule has 0 atom stereocenters. The van der Waals surface area contributed by atoms with E-state index in [1.54, 1.807) is 0 Å². The van der Waals surface area contributed by atoms with E-state index in [-0.39, 0.29) is 0 Å².